The maximum absolute atomic E-state index is 10.4. The first kappa shape index (κ1) is 10.9. The van der Waals surface area contributed by atoms with Crippen LogP contribution in [0.1, 0.15) is 19.8 Å². The van der Waals surface area contributed by atoms with Crippen molar-refractivity contribution >= 4 is 11.9 Å². The van der Waals surface area contributed by atoms with Gasteiger partial charge in [-0.1, -0.05) is 6.92 Å². The second-order valence-corrected chi connectivity index (χ2v) is 2.52. The van der Waals surface area contributed by atoms with Crippen molar-refractivity contribution in [2.24, 2.45) is 5.92 Å². The van der Waals surface area contributed by atoms with Crippen molar-refractivity contribution in [2.75, 3.05) is 0 Å². The van der Waals surface area contributed by atoms with Gasteiger partial charge in [-0.25, -0.2) is 0 Å². The van der Waals surface area contributed by atoms with Crippen molar-refractivity contribution in [3.05, 3.63) is 0 Å². The minimum absolute atomic E-state index is 0.240. The minimum atomic E-state index is -1.27. The lowest BCUT2D eigenvalue weighted by Crippen LogP contribution is -2.29. The molecular formula is C7H12O5. The van der Waals surface area contributed by atoms with E-state index >= 15 is 0 Å². The molecule has 0 radical (unpaired) electrons. The fourth-order valence-electron chi connectivity index (χ4n) is 0.861. The summed E-state index contributed by atoms with van der Waals surface area (Å²) in [4.78, 5) is 20.6. The number of aliphatic hydroxyl groups is 1. The van der Waals surface area contributed by atoms with Gasteiger partial charge in [-0.2, -0.15) is 0 Å². The fourth-order valence-corrected chi connectivity index (χ4v) is 0.861. The molecule has 0 spiro atoms. The van der Waals surface area contributed by atoms with Gasteiger partial charge in [0.15, 0.2) is 0 Å². The predicted octanol–water partition coefficient (Wildman–Crippen LogP) is -0.0672. The number of rotatable bonds is 5. The summed E-state index contributed by atoms with van der Waals surface area (Å²) in [6.07, 6.45) is -1.38. The molecule has 0 aromatic rings. The SMILES string of the molecule is CCC(O)C(CC(=O)O)C(=O)O. The largest absolute Gasteiger partial charge is 0.481 e. The molecule has 12 heavy (non-hydrogen) atoms. The van der Waals surface area contributed by atoms with Gasteiger partial charge < -0.3 is 15.3 Å². The van der Waals surface area contributed by atoms with Crippen LogP contribution < -0.4 is 0 Å². The van der Waals surface area contributed by atoms with Gasteiger partial charge >= 0.3 is 11.9 Å². The van der Waals surface area contributed by atoms with Crippen LogP contribution in [0.5, 0.6) is 0 Å². The molecule has 0 rings (SSSR count). The monoisotopic (exact) mass is 176 g/mol. The van der Waals surface area contributed by atoms with E-state index in [4.69, 9.17) is 15.3 Å². The molecule has 0 aliphatic carbocycles. The average Bonchev–Trinajstić information content (AvgIpc) is 1.98. The molecule has 0 aromatic carbocycles. The van der Waals surface area contributed by atoms with Crippen molar-refractivity contribution in [1.29, 1.82) is 0 Å². The molecule has 0 aliphatic heterocycles. The van der Waals surface area contributed by atoms with Crippen LogP contribution in [0.25, 0.3) is 0 Å². The van der Waals surface area contributed by atoms with Gasteiger partial charge in [0, 0.05) is 0 Å². The molecule has 0 fully saturated rings. The van der Waals surface area contributed by atoms with Crippen LogP contribution in [0.2, 0.25) is 0 Å². The van der Waals surface area contributed by atoms with Gasteiger partial charge in [0.25, 0.3) is 0 Å². The van der Waals surface area contributed by atoms with Crippen molar-refractivity contribution < 1.29 is 24.9 Å². The number of carbonyl (C=O) groups is 2. The van der Waals surface area contributed by atoms with Crippen molar-refractivity contribution in [3.8, 4) is 0 Å². The maximum Gasteiger partial charge on any atom is 0.309 e. The zero-order valence-corrected chi connectivity index (χ0v) is 6.73. The number of aliphatic hydroxyl groups excluding tert-OH is 1. The Kier molecular flexibility index (Phi) is 4.28. The highest BCUT2D eigenvalue weighted by molar-refractivity contribution is 5.78. The van der Waals surface area contributed by atoms with E-state index in [1.807, 2.05) is 0 Å². The van der Waals surface area contributed by atoms with Crippen molar-refractivity contribution in [1.82, 2.24) is 0 Å². The van der Waals surface area contributed by atoms with Gasteiger partial charge in [0.2, 0.25) is 0 Å². The average molecular weight is 176 g/mol. The standard InChI is InChI=1S/C7H12O5/c1-2-5(8)4(7(11)12)3-6(9)10/h4-5,8H,2-3H2,1H3,(H,9,10)(H,11,12). The van der Waals surface area contributed by atoms with Crippen LogP contribution in [0.4, 0.5) is 0 Å². The summed E-state index contributed by atoms with van der Waals surface area (Å²) in [5.74, 6) is -3.69. The lowest BCUT2D eigenvalue weighted by molar-refractivity contribution is -0.152. The highest BCUT2D eigenvalue weighted by Gasteiger charge is 2.27. The van der Waals surface area contributed by atoms with E-state index in [2.05, 4.69) is 0 Å². The van der Waals surface area contributed by atoms with E-state index in [0.717, 1.165) is 0 Å². The number of hydrogen-bond donors (Lipinski definition) is 3. The van der Waals surface area contributed by atoms with Gasteiger partial charge in [-0.05, 0) is 6.42 Å². The molecule has 0 aromatic heterocycles. The first-order chi connectivity index (χ1) is 5.49. The van der Waals surface area contributed by atoms with Crippen LogP contribution >= 0.6 is 0 Å². The molecule has 0 heterocycles. The minimum Gasteiger partial charge on any atom is -0.481 e. The molecule has 0 saturated carbocycles. The molecule has 0 bridgehead atoms. The Morgan fingerprint density at radius 1 is 1.33 bits per heavy atom. The van der Waals surface area contributed by atoms with E-state index in [-0.39, 0.29) is 6.42 Å². The Bertz CT molecular complexity index is 177. The smallest absolute Gasteiger partial charge is 0.309 e. The Labute approximate surface area is 69.6 Å². The Hall–Kier alpha value is -1.10. The molecule has 2 unspecified atom stereocenters. The zero-order valence-electron chi connectivity index (χ0n) is 6.73. The Balaban J connectivity index is 4.22. The first-order valence-electron chi connectivity index (χ1n) is 3.61. The fraction of sp³-hybridized carbons (Fsp3) is 0.714. The van der Waals surface area contributed by atoms with E-state index in [1.165, 1.54) is 0 Å². The van der Waals surface area contributed by atoms with E-state index < -0.39 is 30.4 Å². The number of hydrogen-bond acceptors (Lipinski definition) is 3. The first-order valence-corrected chi connectivity index (χ1v) is 3.61. The second kappa shape index (κ2) is 4.71. The summed E-state index contributed by atoms with van der Waals surface area (Å²) in [6.45, 7) is 1.60. The molecule has 5 heteroatoms. The molecule has 3 N–H and O–H groups in total. The van der Waals surface area contributed by atoms with Crippen LogP contribution in [0, 0.1) is 5.92 Å². The van der Waals surface area contributed by atoms with Crippen LogP contribution in [0.3, 0.4) is 0 Å². The summed E-state index contributed by atoms with van der Waals surface area (Å²) in [5, 5.41) is 25.9. The number of carboxylic acid groups (broad SMARTS) is 2. The molecule has 2 atom stereocenters. The third-order valence-corrected chi connectivity index (χ3v) is 1.59. The van der Waals surface area contributed by atoms with Gasteiger partial charge in [-0.3, -0.25) is 9.59 Å². The highest BCUT2D eigenvalue weighted by Crippen LogP contribution is 2.12. The molecular weight excluding hydrogens is 164 g/mol. The topological polar surface area (TPSA) is 94.8 Å². The van der Waals surface area contributed by atoms with E-state index in [9.17, 15) is 9.59 Å². The van der Waals surface area contributed by atoms with Gasteiger partial charge in [0.1, 0.15) is 0 Å². The molecule has 5 nitrogen and oxygen atoms in total. The van der Waals surface area contributed by atoms with E-state index in [1.54, 1.807) is 6.92 Å². The zero-order chi connectivity index (χ0) is 9.72. The molecule has 0 saturated heterocycles. The summed E-state index contributed by atoms with van der Waals surface area (Å²) in [5.41, 5.74) is 0. The van der Waals surface area contributed by atoms with Crippen molar-refractivity contribution in [2.45, 2.75) is 25.9 Å². The summed E-state index contributed by atoms with van der Waals surface area (Å²) in [6, 6.07) is 0. The number of aliphatic carboxylic acids is 2. The molecule has 70 valence electrons. The highest BCUT2D eigenvalue weighted by atomic mass is 16.4. The number of carboxylic acids is 2. The summed E-state index contributed by atoms with van der Waals surface area (Å²) in [7, 11) is 0. The lowest BCUT2D eigenvalue weighted by Gasteiger charge is -2.14. The Morgan fingerprint density at radius 3 is 2.08 bits per heavy atom. The van der Waals surface area contributed by atoms with Crippen molar-refractivity contribution in [3.63, 3.8) is 0 Å². The summed E-state index contributed by atoms with van der Waals surface area (Å²) < 4.78 is 0. The molecule has 0 amide bonds. The predicted molar refractivity (Wildman–Crippen MR) is 39.7 cm³/mol. The maximum atomic E-state index is 10.4. The lowest BCUT2D eigenvalue weighted by atomic mass is 9.97. The quantitative estimate of drug-likeness (QED) is 0.545. The normalized spacial score (nSPS) is 15.2. The van der Waals surface area contributed by atoms with Gasteiger partial charge in [-0.15, -0.1) is 0 Å². The molecule has 0 aliphatic rings. The van der Waals surface area contributed by atoms with Crippen LogP contribution in [-0.2, 0) is 9.59 Å². The summed E-state index contributed by atoms with van der Waals surface area (Å²) >= 11 is 0. The van der Waals surface area contributed by atoms with E-state index in [0.29, 0.717) is 0 Å². The second-order valence-electron chi connectivity index (χ2n) is 2.52. The third-order valence-electron chi connectivity index (χ3n) is 1.59. The van der Waals surface area contributed by atoms with Crippen LogP contribution in [0.15, 0.2) is 0 Å². The van der Waals surface area contributed by atoms with Crippen LogP contribution in [-0.4, -0.2) is 33.4 Å². The Morgan fingerprint density at radius 2 is 1.83 bits per heavy atom. The third kappa shape index (κ3) is 3.34. The van der Waals surface area contributed by atoms with Gasteiger partial charge in [0.05, 0.1) is 18.4 Å².